The molecule has 0 bridgehead atoms. The zero-order chi connectivity index (χ0) is 14.2. The lowest BCUT2D eigenvalue weighted by Crippen LogP contribution is -2.39. The van der Waals surface area contributed by atoms with E-state index in [0.29, 0.717) is 12.4 Å². The van der Waals surface area contributed by atoms with Crippen LogP contribution in [-0.2, 0) is 17.1 Å². The monoisotopic (exact) mass is 296 g/mol. The number of hydrogen-bond acceptors (Lipinski definition) is 5. The van der Waals surface area contributed by atoms with Gasteiger partial charge in [0.25, 0.3) is 10.0 Å². The molecule has 8 nitrogen and oxygen atoms in total. The summed E-state index contributed by atoms with van der Waals surface area (Å²) in [6, 6.07) is 1.23. The average Bonchev–Trinajstić information content (AvgIpc) is 3.09. The van der Waals surface area contributed by atoms with Crippen LogP contribution in [-0.4, -0.2) is 44.2 Å². The van der Waals surface area contributed by atoms with Gasteiger partial charge in [-0.1, -0.05) is 6.42 Å². The Morgan fingerprint density at radius 1 is 1.40 bits per heavy atom. The summed E-state index contributed by atoms with van der Waals surface area (Å²) in [5.74, 6) is 0.593. The highest BCUT2D eigenvalue weighted by Crippen LogP contribution is 2.33. The Balaban J connectivity index is 2.00. The molecule has 1 atom stereocenters. The summed E-state index contributed by atoms with van der Waals surface area (Å²) in [6.45, 7) is 0.485. The maximum atomic E-state index is 12.8. The summed E-state index contributed by atoms with van der Waals surface area (Å²) in [4.78, 5) is 4.11. The van der Waals surface area contributed by atoms with Gasteiger partial charge in [-0.3, -0.25) is 9.78 Å². The Hall–Kier alpha value is -1.74. The molecule has 0 spiro atoms. The SMILES string of the molecule is Cn1nccc1S(=O)(=O)N1CCCC[C@@H]1c1ncn[nH]1. The van der Waals surface area contributed by atoms with Crippen molar-refractivity contribution >= 4 is 10.0 Å². The van der Waals surface area contributed by atoms with Gasteiger partial charge >= 0.3 is 0 Å². The van der Waals surface area contributed by atoms with Crippen LogP contribution in [0.2, 0.25) is 0 Å². The molecule has 2 aromatic heterocycles. The van der Waals surface area contributed by atoms with Crippen LogP contribution in [0.3, 0.4) is 0 Å². The van der Waals surface area contributed by atoms with Gasteiger partial charge in [-0.2, -0.15) is 14.5 Å². The molecule has 0 aliphatic carbocycles. The lowest BCUT2D eigenvalue weighted by atomic mass is 10.0. The highest BCUT2D eigenvalue weighted by Gasteiger charge is 2.37. The third kappa shape index (κ3) is 2.12. The number of aromatic nitrogens is 5. The molecule has 3 rings (SSSR count). The smallest absolute Gasteiger partial charge is 0.260 e. The van der Waals surface area contributed by atoms with Crippen LogP contribution in [0, 0.1) is 0 Å². The van der Waals surface area contributed by atoms with Crippen LogP contribution in [0.25, 0.3) is 0 Å². The van der Waals surface area contributed by atoms with E-state index in [0.717, 1.165) is 19.3 Å². The van der Waals surface area contributed by atoms with Gasteiger partial charge in [0.2, 0.25) is 0 Å². The quantitative estimate of drug-likeness (QED) is 0.887. The van der Waals surface area contributed by atoms with E-state index >= 15 is 0 Å². The lowest BCUT2D eigenvalue weighted by molar-refractivity contribution is 0.245. The predicted molar refractivity (Wildman–Crippen MR) is 70.1 cm³/mol. The second-order valence-electron chi connectivity index (χ2n) is 4.79. The summed E-state index contributed by atoms with van der Waals surface area (Å²) in [6.07, 6.45) is 5.45. The second kappa shape index (κ2) is 4.98. The predicted octanol–water partition coefficient (Wildman–Crippen LogP) is 0.454. The van der Waals surface area contributed by atoms with Gasteiger partial charge < -0.3 is 0 Å². The Kier molecular flexibility index (Phi) is 3.30. The summed E-state index contributed by atoms with van der Waals surface area (Å²) in [5.41, 5.74) is 0. The van der Waals surface area contributed by atoms with Gasteiger partial charge in [0.1, 0.15) is 12.2 Å². The highest BCUT2D eigenvalue weighted by molar-refractivity contribution is 7.89. The molecule has 0 radical (unpaired) electrons. The number of H-pyrrole nitrogens is 1. The third-order valence-electron chi connectivity index (χ3n) is 3.55. The fourth-order valence-electron chi connectivity index (χ4n) is 2.58. The molecule has 1 N–H and O–H groups in total. The maximum Gasteiger partial charge on any atom is 0.260 e. The standard InChI is InChI=1S/C11H16N6O2S/c1-16-10(5-6-14-16)20(18,19)17-7-3-2-4-9(17)11-12-8-13-15-11/h5-6,8-9H,2-4,7H2,1H3,(H,12,13,15)/t9-/m1/s1. The van der Waals surface area contributed by atoms with E-state index in [1.54, 1.807) is 7.05 Å². The van der Waals surface area contributed by atoms with Crippen LogP contribution < -0.4 is 0 Å². The summed E-state index contributed by atoms with van der Waals surface area (Å²) in [7, 11) is -1.95. The van der Waals surface area contributed by atoms with Crippen molar-refractivity contribution in [1.29, 1.82) is 0 Å². The van der Waals surface area contributed by atoms with Crippen molar-refractivity contribution in [3.8, 4) is 0 Å². The molecule has 1 aliphatic heterocycles. The Morgan fingerprint density at radius 3 is 2.90 bits per heavy atom. The van der Waals surface area contributed by atoms with E-state index in [1.165, 1.54) is 27.6 Å². The van der Waals surface area contributed by atoms with E-state index in [9.17, 15) is 8.42 Å². The lowest BCUT2D eigenvalue weighted by Gasteiger charge is -2.32. The Morgan fingerprint density at radius 2 is 2.25 bits per heavy atom. The third-order valence-corrected chi connectivity index (χ3v) is 5.54. The van der Waals surface area contributed by atoms with Crippen molar-refractivity contribution in [1.82, 2.24) is 29.3 Å². The van der Waals surface area contributed by atoms with Crippen LogP contribution in [0.1, 0.15) is 31.1 Å². The zero-order valence-corrected chi connectivity index (χ0v) is 11.9. The van der Waals surface area contributed by atoms with Gasteiger partial charge in [0, 0.05) is 13.6 Å². The maximum absolute atomic E-state index is 12.8. The minimum atomic E-state index is -3.58. The molecule has 108 valence electrons. The normalized spacial score (nSPS) is 21.1. The van der Waals surface area contributed by atoms with Crippen LogP contribution in [0.5, 0.6) is 0 Å². The number of aromatic amines is 1. The van der Waals surface area contributed by atoms with Gasteiger partial charge in [0.05, 0.1) is 12.2 Å². The van der Waals surface area contributed by atoms with Crippen molar-refractivity contribution in [2.45, 2.75) is 30.3 Å². The summed E-state index contributed by atoms with van der Waals surface area (Å²) in [5, 5.41) is 10.7. The first-order chi connectivity index (χ1) is 9.60. The first kappa shape index (κ1) is 13.3. The van der Waals surface area contributed by atoms with E-state index in [4.69, 9.17) is 0 Å². The fraction of sp³-hybridized carbons (Fsp3) is 0.545. The number of rotatable bonds is 3. The molecule has 0 amide bonds. The van der Waals surface area contributed by atoms with Crippen molar-refractivity contribution in [2.75, 3.05) is 6.54 Å². The number of sulfonamides is 1. The average molecular weight is 296 g/mol. The van der Waals surface area contributed by atoms with E-state index in [2.05, 4.69) is 20.3 Å². The molecule has 9 heteroatoms. The van der Waals surface area contributed by atoms with E-state index in [1.807, 2.05) is 0 Å². The minimum absolute atomic E-state index is 0.198. The van der Waals surface area contributed by atoms with Gasteiger partial charge in [0.15, 0.2) is 5.03 Å². The van der Waals surface area contributed by atoms with Gasteiger partial charge in [-0.25, -0.2) is 13.4 Å². The molecule has 0 saturated carbocycles. The van der Waals surface area contributed by atoms with Crippen molar-refractivity contribution in [3.63, 3.8) is 0 Å². The second-order valence-corrected chi connectivity index (χ2v) is 6.63. The largest absolute Gasteiger partial charge is 0.262 e. The Bertz CT molecular complexity index is 678. The molecule has 2 aromatic rings. The number of aryl methyl sites for hydroxylation is 1. The van der Waals surface area contributed by atoms with Crippen molar-refractivity contribution in [2.24, 2.45) is 7.05 Å². The van der Waals surface area contributed by atoms with Crippen molar-refractivity contribution < 1.29 is 8.42 Å². The first-order valence-corrected chi connectivity index (χ1v) is 7.90. The number of nitrogens with one attached hydrogen (secondary N) is 1. The van der Waals surface area contributed by atoms with Crippen LogP contribution in [0.4, 0.5) is 0 Å². The summed E-state index contributed by atoms with van der Waals surface area (Å²) < 4.78 is 28.4. The molecule has 3 heterocycles. The zero-order valence-electron chi connectivity index (χ0n) is 11.1. The molecular formula is C11H16N6O2S. The topological polar surface area (TPSA) is 96.8 Å². The highest BCUT2D eigenvalue weighted by atomic mass is 32.2. The van der Waals surface area contributed by atoms with Crippen LogP contribution in [0.15, 0.2) is 23.6 Å². The molecule has 1 saturated heterocycles. The summed E-state index contributed by atoms with van der Waals surface area (Å²) >= 11 is 0. The first-order valence-electron chi connectivity index (χ1n) is 6.46. The molecular weight excluding hydrogens is 280 g/mol. The minimum Gasteiger partial charge on any atom is -0.262 e. The number of piperidine rings is 1. The van der Waals surface area contributed by atoms with Gasteiger partial charge in [-0.05, 0) is 18.9 Å². The number of nitrogens with zero attached hydrogens (tertiary/aromatic N) is 5. The molecule has 1 fully saturated rings. The Labute approximate surface area is 116 Å². The molecule has 20 heavy (non-hydrogen) atoms. The molecule has 0 aromatic carbocycles. The van der Waals surface area contributed by atoms with Crippen molar-refractivity contribution in [3.05, 3.63) is 24.4 Å². The van der Waals surface area contributed by atoms with Gasteiger partial charge in [-0.15, -0.1) is 0 Å². The van der Waals surface area contributed by atoms with E-state index < -0.39 is 10.0 Å². The molecule has 0 unspecified atom stereocenters. The van der Waals surface area contributed by atoms with E-state index in [-0.39, 0.29) is 11.1 Å². The fourth-order valence-corrected chi connectivity index (χ4v) is 4.34. The van der Waals surface area contributed by atoms with Crippen LogP contribution >= 0.6 is 0 Å². The molecule has 1 aliphatic rings. The number of hydrogen-bond donors (Lipinski definition) is 1.